The first-order valence-electron chi connectivity index (χ1n) is 7.96. The molecule has 26 heavy (non-hydrogen) atoms. The number of nitrogens with one attached hydrogen (secondary N) is 1. The second-order valence-electron chi connectivity index (χ2n) is 5.90. The summed E-state index contributed by atoms with van der Waals surface area (Å²) in [6, 6.07) is 13.7. The number of ether oxygens (including phenoxy) is 1. The van der Waals surface area contributed by atoms with Crippen molar-refractivity contribution in [2.75, 3.05) is 23.9 Å². The van der Waals surface area contributed by atoms with E-state index in [1.54, 1.807) is 47.4 Å². The molecule has 1 aliphatic heterocycles. The average molecular weight is 370 g/mol. The number of carbonyl (C=O) groups excluding carboxylic acids is 2. The van der Waals surface area contributed by atoms with Gasteiger partial charge < -0.3 is 15.0 Å². The van der Waals surface area contributed by atoms with Crippen molar-refractivity contribution in [2.45, 2.75) is 6.42 Å². The molecular formula is C19H16ClN3O3. The third kappa shape index (κ3) is 3.63. The predicted octanol–water partition coefficient (Wildman–Crippen LogP) is 3.21. The molecule has 6 nitrogen and oxygen atoms in total. The lowest BCUT2D eigenvalue weighted by molar-refractivity contribution is -0.122. The Kier molecular flexibility index (Phi) is 5.10. The second-order valence-corrected chi connectivity index (χ2v) is 6.33. The Morgan fingerprint density at radius 2 is 2.04 bits per heavy atom. The molecule has 2 aromatic carbocycles. The Bertz CT molecular complexity index is 890. The molecule has 1 saturated heterocycles. The van der Waals surface area contributed by atoms with Crippen LogP contribution < -0.4 is 15.0 Å². The summed E-state index contributed by atoms with van der Waals surface area (Å²) in [5, 5.41) is 12.1. The van der Waals surface area contributed by atoms with E-state index >= 15 is 0 Å². The number of nitrogens with zero attached hydrogens (tertiary/aromatic N) is 2. The van der Waals surface area contributed by atoms with Gasteiger partial charge in [-0.1, -0.05) is 11.6 Å². The van der Waals surface area contributed by atoms with Gasteiger partial charge in [-0.05, 0) is 42.5 Å². The van der Waals surface area contributed by atoms with E-state index in [0.717, 1.165) is 0 Å². The minimum absolute atomic E-state index is 0.120. The molecule has 0 bridgehead atoms. The molecule has 2 aromatic rings. The van der Waals surface area contributed by atoms with Gasteiger partial charge in [0.1, 0.15) is 5.75 Å². The van der Waals surface area contributed by atoms with E-state index in [1.165, 1.54) is 7.11 Å². The van der Waals surface area contributed by atoms with Crippen LogP contribution in [0.3, 0.4) is 0 Å². The van der Waals surface area contributed by atoms with Crippen LogP contribution in [0.15, 0.2) is 42.5 Å². The maximum absolute atomic E-state index is 12.6. The molecule has 1 heterocycles. The molecular weight excluding hydrogens is 354 g/mol. The zero-order valence-corrected chi connectivity index (χ0v) is 14.8. The Labute approximate surface area is 155 Å². The lowest BCUT2D eigenvalue weighted by atomic mass is 10.1. The molecule has 132 valence electrons. The largest absolute Gasteiger partial charge is 0.495 e. The molecule has 2 amide bonds. The highest BCUT2D eigenvalue weighted by Gasteiger charge is 2.35. The topological polar surface area (TPSA) is 82.4 Å². The van der Waals surface area contributed by atoms with Crippen molar-refractivity contribution < 1.29 is 14.3 Å². The molecule has 0 spiro atoms. The molecule has 1 N–H and O–H groups in total. The number of carbonyl (C=O) groups is 2. The highest BCUT2D eigenvalue weighted by molar-refractivity contribution is 6.31. The lowest BCUT2D eigenvalue weighted by Crippen LogP contribution is -2.28. The van der Waals surface area contributed by atoms with Gasteiger partial charge in [-0.3, -0.25) is 9.59 Å². The van der Waals surface area contributed by atoms with Gasteiger partial charge in [-0.2, -0.15) is 5.26 Å². The van der Waals surface area contributed by atoms with E-state index in [0.29, 0.717) is 27.7 Å². The van der Waals surface area contributed by atoms with Crippen molar-refractivity contribution in [3.05, 3.63) is 53.1 Å². The summed E-state index contributed by atoms with van der Waals surface area (Å²) in [4.78, 5) is 26.5. The van der Waals surface area contributed by atoms with Gasteiger partial charge in [0, 0.05) is 23.7 Å². The molecule has 0 saturated carbocycles. The minimum Gasteiger partial charge on any atom is -0.495 e. The highest BCUT2D eigenvalue weighted by Crippen LogP contribution is 2.30. The molecule has 7 heteroatoms. The maximum Gasteiger partial charge on any atom is 0.229 e. The number of hydrogen-bond donors (Lipinski definition) is 1. The van der Waals surface area contributed by atoms with Crippen molar-refractivity contribution in [1.29, 1.82) is 5.26 Å². The van der Waals surface area contributed by atoms with E-state index in [-0.39, 0.29) is 24.8 Å². The number of halogens is 1. The van der Waals surface area contributed by atoms with Gasteiger partial charge in [0.2, 0.25) is 11.8 Å². The van der Waals surface area contributed by atoms with Crippen molar-refractivity contribution in [1.82, 2.24) is 0 Å². The summed E-state index contributed by atoms with van der Waals surface area (Å²) >= 11 is 5.98. The zero-order valence-electron chi connectivity index (χ0n) is 14.0. The molecule has 1 atom stereocenters. The number of hydrogen-bond acceptors (Lipinski definition) is 4. The standard InChI is InChI=1S/C19H16ClN3O3/c1-26-17-7-4-14(20)9-16(17)22-19(25)13-8-18(24)23(11-13)15-5-2-12(10-21)3-6-15/h2-7,9,13H,8,11H2,1H3,(H,22,25). The molecule has 1 fully saturated rings. The number of nitriles is 1. The smallest absolute Gasteiger partial charge is 0.229 e. The van der Waals surface area contributed by atoms with Gasteiger partial charge >= 0.3 is 0 Å². The number of methoxy groups -OCH3 is 1. The van der Waals surface area contributed by atoms with Gasteiger partial charge in [-0.25, -0.2) is 0 Å². The van der Waals surface area contributed by atoms with Crippen LogP contribution in [0, 0.1) is 17.2 Å². The Morgan fingerprint density at radius 3 is 2.69 bits per heavy atom. The molecule has 0 radical (unpaired) electrons. The van der Waals surface area contributed by atoms with Crippen molar-refractivity contribution in [2.24, 2.45) is 5.92 Å². The number of anilines is 2. The quantitative estimate of drug-likeness (QED) is 0.897. The zero-order chi connectivity index (χ0) is 18.7. The fourth-order valence-electron chi connectivity index (χ4n) is 2.86. The van der Waals surface area contributed by atoms with Crippen LogP contribution in [0.2, 0.25) is 5.02 Å². The highest BCUT2D eigenvalue weighted by atomic mass is 35.5. The summed E-state index contributed by atoms with van der Waals surface area (Å²) in [6.07, 6.45) is 0.120. The monoisotopic (exact) mass is 369 g/mol. The van der Waals surface area contributed by atoms with E-state index in [4.69, 9.17) is 21.6 Å². The van der Waals surface area contributed by atoms with Crippen LogP contribution in [-0.4, -0.2) is 25.5 Å². The van der Waals surface area contributed by atoms with Crippen LogP contribution >= 0.6 is 11.6 Å². The predicted molar refractivity (Wildman–Crippen MR) is 98.3 cm³/mol. The normalized spacial score (nSPS) is 16.3. The molecule has 1 aliphatic rings. The summed E-state index contributed by atoms with van der Waals surface area (Å²) in [6.45, 7) is 0.277. The van der Waals surface area contributed by atoms with E-state index in [1.807, 2.05) is 6.07 Å². The summed E-state index contributed by atoms with van der Waals surface area (Å²) in [7, 11) is 1.50. The first-order valence-corrected chi connectivity index (χ1v) is 8.34. The molecule has 3 rings (SSSR count). The minimum atomic E-state index is -0.484. The average Bonchev–Trinajstić information content (AvgIpc) is 3.04. The Hall–Kier alpha value is -3.04. The van der Waals surface area contributed by atoms with E-state index in [9.17, 15) is 9.59 Å². The van der Waals surface area contributed by atoms with Gasteiger partial charge in [0.25, 0.3) is 0 Å². The third-order valence-corrected chi connectivity index (χ3v) is 4.46. The SMILES string of the molecule is COc1ccc(Cl)cc1NC(=O)C1CC(=O)N(c2ccc(C#N)cc2)C1. The summed E-state index contributed by atoms with van der Waals surface area (Å²) < 4.78 is 5.22. The lowest BCUT2D eigenvalue weighted by Gasteiger charge is -2.17. The van der Waals surface area contributed by atoms with Crippen LogP contribution in [0.4, 0.5) is 11.4 Å². The second kappa shape index (κ2) is 7.46. The van der Waals surface area contributed by atoms with Gasteiger partial charge in [-0.15, -0.1) is 0 Å². The molecule has 1 unspecified atom stereocenters. The van der Waals surface area contributed by atoms with Crippen molar-refractivity contribution in [3.8, 4) is 11.8 Å². The Balaban J connectivity index is 1.73. The number of rotatable bonds is 4. The van der Waals surface area contributed by atoms with Crippen LogP contribution in [0.1, 0.15) is 12.0 Å². The van der Waals surface area contributed by atoms with Gasteiger partial charge in [0.05, 0.1) is 30.3 Å². The number of benzene rings is 2. The first-order chi connectivity index (χ1) is 12.5. The fraction of sp³-hybridized carbons (Fsp3) is 0.211. The van der Waals surface area contributed by atoms with Crippen LogP contribution in [-0.2, 0) is 9.59 Å². The van der Waals surface area contributed by atoms with Crippen molar-refractivity contribution in [3.63, 3.8) is 0 Å². The fourth-order valence-corrected chi connectivity index (χ4v) is 3.03. The summed E-state index contributed by atoms with van der Waals surface area (Å²) in [5.74, 6) is -0.388. The van der Waals surface area contributed by atoms with Gasteiger partial charge in [0.15, 0.2) is 0 Å². The van der Waals surface area contributed by atoms with Crippen LogP contribution in [0.5, 0.6) is 5.75 Å². The van der Waals surface area contributed by atoms with E-state index < -0.39 is 5.92 Å². The first kappa shape index (κ1) is 17.8. The third-order valence-electron chi connectivity index (χ3n) is 4.22. The molecule has 0 aromatic heterocycles. The van der Waals surface area contributed by atoms with E-state index in [2.05, 4.69) is 5.32 Å². The van der Waals surface area contributed by atoms with Crippen LogP contribution in [0.25, 0.3) is 0 Å². The number of amides is 2. The van der Waals surface area contributed by atoms with Crippen molar-refractivity contribution >= 4 is 34.8 Å². The summed E-state index contributed by atoms with van der Waals surface area (Å²) in [5.41, 5.74) is 1.65. The molecule has 0 aliphatic carbocycles. The Morgan fingerprint density at radius 1 is 1.31 bits per heavy atom. The maximum atomic E-state index is 12.6.